The maximum Gasteiger partial charge on any atom is 0.224 e. The van der Waals surface area contributed by atoms with Gasteiger partial charge in [-0.15, -0.1) is 11.3 Å². The van der Waals surface area contributed by atoms with Crippen LogP contribution in [0.3, 0.4) is 0 Å². The van der Waals surface area contributed by atoms with Crippen LogP contribution in [-0.4, -0.2) is 10.9 Å². The number of benzene rings is 2. The minimum atomic E-state index is 0.0298. The van der Waals surface area contributed by atoms with Gasteiger partial charge in [0.25, 0.3) is 0 Å². The summed E-state index contributed by atoms with van der Waals surface area (Å²) in [5.74, 6) is 0.936. The average Bonchev–Trinajstić information content (AvgIpc) is 3.01. The molecular formula is C21H24N2OS2. The highest BCUT2D eigenvalue weighted by Crippen LogP contribution is 2.33. The monoisotopic (exact) mass is 384 g/mol. The van der Waals surface area contributed by atoms with Crippen LogP contribution in [-0.2, 0) is 16.0 Å². The predicted molar refractivity (Wildman–Crippen MR) is 113 cm³/mol. The standard InChI is InChI=1S/C21H24N2OS2/c1-5-19(24)22-16-10-11-17-18(12-16)26-20(23-17)25-13-14-6-8-15(9-7-14)21(2,3)4/h6-12H,5,13H2,1-4H3,(H,22,24). The molecule has 3 rings (SSSR count). The van der Waals surface area contributed by atoms with E-state index in [0.717, 1.165) is 26.0 Å². The quantitative estimate of drug-likeness (QED) is 0.530. The zero-order chi connectivity index (χ0) is 18.7. The molecule has 136 valence electrons. The summed E-state index contributed by atoms with van der Waals surface area (Å²) < 4.78 is 2.16. The number of anilines is 1. The molecule has 0 atom stereocenters. The zero-order valence-electron chi connectivity index (χ0n) is 15.6. The van der Waals surface area contributed by atoms with Gasteiger partial charge in [-0.05, 0) is 34.7 Å². The summed E-state index contributed by atoms with van der Waals surface area (Å²) in [5, 5.41) is 2.90. The lowest BCUT2D eigenvalue weighted by Gasteiger charge is -2.19. The third-order valence-corrected chi connectivity index (χ3v) is 6.39. The van der Waals surface area contributed by atoms with Crippen molar-refractivity contribution < 1.29 is 4.79 Å². The van der Waals surface area contributed by atoms with Gasteiger partial charge in [-0.25, -0.2) is 4.98 Å². The molecule has 1 amide bonds. The van der Waals surface area contributed by atoms with Crippen LogP contribution in [0.4, 0.5) is 5.69 Å². The third kappa shape index (κ3) is 4.65. The summed E-state index contributed by atoms with van der Waals surface area (Å²) >= 11 is 3.43. The molecular weight excluding hydrogens is 360 g/mol. The van der Waals surface area contributed by atoms with Crippen molar-refractivity contribution >= 4 is 44.9 Å². The van der Waals surface area contributed by atoms with Crippen LogP contribution < -0.4 is 5.32 Å². The highest BCUT2D eigenvalue weighted by Gasteiger charge is 2.13. The van der Waals surface area contributed by atoms with Crippen LogP contribution in [0.15, 0.2) is 46.8 Å². The van der Waals surface area contributed by atoms with Crippen LogP contribution in [0.1, 0.15) is 45.2 Å². The molecule has 0 saturated heterocycles. The first-order chi connectivity index (χ1) is 12.3. The number of fused-ring (bicyclic) bond motifs is 1. The van der Waals surface area contributed by atoms with Crippen molar-refractivity contribution in [2.45, 2.75) is 49.6 Å². The molecule has 5 heteroatoms. The van der Waals surface area contributed by atoms with Crippen molar-refractivity contribution in [1.29, 1.82) is 0 Å². The number of amides is 1. The first-order valence-corrected chi connectivity index (χ1v) is 10.6. The van der Waals surface area contributed by atoms with Crippen molar-refractivity contribution in [3.8, 4) is 0 Å². The molecule has 26 heavy (non-hydrogen) atoms. The second-order valence-corrected chi connectivity index (χ2v) is 9.55. The van der Waals surface area contributed by atoms with Gasteiger partial charge < -0.3 is 5.32 Å². The summed E-state index contributed by atoms with van der Waals surface area (Å²) in [5.41, 5.74) is 4.66. The van der Waals surface area contributed by atoms with Crippen LogP contribution in [0.5, 0.6) is 0 Å². The van der Waals surface area contributed by atoms with E-state index in [-0.39, 0.29) is 11.3 Å². The smallest absolute Gasteiger partial charge is 0.224 e. The van der Waals surface area contributed by atoms with Gasteiger partial charge in [0.2, 0.25) is 5.91 Å². The highest BCUT2D eigenvalue weighted by molar-refractivity contribution is 8.00. The number of hydrogen-bond donors (Lipinski definition) is 1. The van der Waals surface area contributed by atoms with E-state index in [1.807, 2.05) is 25.1 Å². The Morgan fingerprint density at radius 1 is 1.15 bits per heavy atom. The lowest BCUT2D eigenvalue weighted by molar-refractivity contribution is -0.115. The van der Waals surface area contributed by atoms with Gasteiger partial charge in [-0.1, -0.05) is 63.7 Å². The highest BCUT2D eigenvalue weighted by atomic mass is 32.2. The molecule has 2 aromatic carbocycles. The Bertz CT molecular complexity index is 908. The van der Waals surface area contributed by atoms with Crippen molar-refractivity contribution in [3.63, 3.8) is 0 Å². The lowest BCUT2D eigenvalue weighted by atomic mass is 9.87. The number of carbonyl (C=O) groups excluding carboxylic acids is 1. The van der Waals surface area contributed by atoms with E-state index in [0.29, 0.717) is 6.42 Å². The van der Waals surface area contributed by atoms with Crippen molar-refractivity contribution in [2.24, 2.45) is 0 Å². The van der Waals surface area contributed by atoms with Crippen LogP contribution >= 0.6 is 23.1 Å². The Morgan fingerprint density at radius 2 is 1.88 bits per heavy atom. The Morgan fingerprint density at radius 3 is 2.54 bits per heavy atom. The fraction of sp³-hybridized carbons (Fsp3) is 0.333. The van der Waals surface area contributed by atoms with E-state index >= 15 is 0 Å². The predicted octanol–water partition coefficient (Wildman–Crippen LogP) is 6.23. The van der Waals surface area contributed by atoms with E-state index in [1.165, 1.54) is 11.1 Å². The Labute approximate surface area is 163 Å². The minimum Gasteiger partial charge on any atom is -0.326 e. The van der Waals surface area contributed by atoms with E-state index in [2.05, 4.69) is 50.4 Å². The van der Waals surface area contributed by atoms with Crippen molar-refractivity contribution in [3.05, 3.63) is 53.6 Å². The summed E-state index contributed by atoms with van der Waals surface area (Å²) in [6.45, 7) is 8.54. The molecule has 0 radical (unpaired) electrons. The lowest BCUT2D eigenvalue weighted by Crippen LogP contribution is -2.10. The largest absolute Gasteiger partial charge is 0.326 e. The SMILES string of the molecule is CCC(=O)Nc1ccc2nc(SCc3ccc(C(C)(C)C)cc3)sc2c1. The average molecular weight is 385 g/mol. The topological polar surface area (TPSA) is 42.0 Å². The molecule has 1 aromatic heterocycles. The van der Waals surface area contributed by atoms with Gasteiger partial charge >= 0.3 is 0 Å². The van der Waals surface area contributed by atoms with Gasteiger partial charge in [0.1, 0.15) is 0 Å². The number of thiazole rings is 1. The van der Waals surface area contributed by atoms with Crippen LogP contribution in [0.2, 0.25) is 0 Å². The maximum atomic E-state index is 11.5. The summed E-state index contributed by atoms with van der Waals surface area (Å²) in [6.07, 6.45) is 0.482. The molecule has 3 nitrogen and oxygen atoms in total. The van der Waals surface area contributed by atoms with E-state index in [1.54, 1.807) is 23.1 Å². The van der Waals surface area contributed by atoms with Crippen LogP contribution in [0.25, 0.3) is 10.2 Å². The summed E-state index contributed by atoms with van der Waals surface area (Å²) in [7, 11) is 0. The Hall–Kier alpha value is -1.85. The summed E-state index contributed by atoms with van der Waals surface area (Å²) in [4.78, 5) is 16.2. The molecule has 1 N–H and O–H groups in total. The molecule has 0 fully saturated rings. The number of rotatable bonds is 5. The number of nitrogens with zero attached hydrogens (tertiary/aromatic N) is 1. The molecule has 3 aromatic rings. The third-order valence-electron chi connectivity index (χ3n) is 4.16. The number of carbonyl (C=O) groups is 1. The number of aromatic nitrogens is 1. The van der Waals surface area contributed by atoms with Crippen molar-refractivity contribution in [2.75, 3.05) is 5.32 Å². The van der Waals surface area contributed by atoms with Crippen molar-refractivity contribution in [1.82, 2.24) is 4.98 Å². The first-order valence-electron chi connectivity index (χ1n) is 8.78. The van der Waals surface area contributed by atoms with Gasteiger partial charge in [0, 0.05) is 17.9 Å². The van der Waals surface area contributed by atoms with Gasteiger partial charge in [0.05, 0.1) is 10.2 Å². The van der Waals surface area contributed by atoms with E-state index in [4.69, 9.17) is 4.98 Å². The fourth-order valence-corrected chi connectivity index (χ4v) is 4.60. The van der Waals surface area contributed by atoms with Gasteiger partial charge in [-0.3, -0.25) is 4.79 Å². The molecule has 0 aliphatic rings. The zero-order valence-corrected chi connectivity index (χ0v) is 17.3. The molecule has 0 aliphatic heterocycles. The second kappa shape index (κ2) is 7.80. The minimum absolute atomic E-state index is 0.0298. The first kappa shape index (κ1) is 18.9. The fourth-order valence-electron chi connectivity index (χ4n) is 2.54. The number of hydrogen-bond acceptors (Lipinski definition) is 4. The van der Waals surface area contributed by atoms with E-state index < -0.39 is 0 Å². The molecule has 0 saturated carbocycles. The van der Waals surface area contributed by atoms with E-state index in [9.17, 15) is 4.79 Å². The molecule has 1 heterocycles. The van der Waals surface area contributed by atoms with Crippen LogP contribution in [0, 0.1) is 0 Å². The number of nitrogens with one attached hydrogen (secondary N) is 1. The summed E-state index contributed by atoms with van der Waals surface area (Å²) in [6, 6.07) is 14.7. The molecule has 0 spiro atoms. The molecule has 0 bridgehead atoms. The van der Waals surface area contributed by atoms with Gasteiger partial charge in [0.15, 0.2) is 4.34 Å². The Kier molecular flexibility index (Phi) is 5.68. The van der Waals surface area contributed by atoms with Gasteiger partial charge in [-0.2, -0.15) is 0 Å². The second-order valence-electron chi connectivity index (χ2n) is 7.30. The molecule has 0 unspecified atom stereocenters. The Balaban J connectivity index is 1.68. The normalized spacial score (nSPS) is 11.7. The molecule has 0 aliphatic carbocycles. The number of thioether (sulfide) groups is 1. The maximum absolute atomic E-state index is 11.5.